The number of rotatable bonds is 8. The van der Waals surface area contributed by atoms with Gasteiger partial charge in [0.15, 0.2) is 0 Å². The maximum absolute atomic E-state index is 12.0. The van der Waals surface area contributed by atoms with E-state index in [0.29, 0.717) is 0 Å². The van der Waals surface area contributed by atoms with Crippen LogP contribution in [0.25, 0.3) is 0 Å². The molecule has 0 fully saturated rings. The van der Waals surface area contributed by atoms with Crippen LogP contribution in [0.3, 0.4) is 0 Å². The van der Waals surface area contributed by atoms with Gasteiger partial charge in [-0.2, -0.15) is 4.65 Å². The maximum atomic E-state index is 12.0. The Morgan fingerprint density at radius 2 is 1.88 bits per heavy atom. The molecular weight excluding hydrogens is 237 g/mol. The van der Waals surface area contributed by atoms with E-state index >= 15 is 0 Å². The Bertz CT molecular complexity index is 241. The Labute approximate surface area is 95.7 Å². The minimum Gasteiger partial charge on any atom is -0.394 e. The van der Waals surface area contributed by atoms with Gasteiger partial charge in [0, 0.05) is 0 Å². The molecule has 8 heteroatoms. The molecule has 0 aromatic heterocycles. The standard InChI is InChI=1S/C8H21NO6P/c1-5-13-16(12,15-9(2,3)4)14-7-8(11)6-10/h8,10-11H,5-7H2,1-4H3/q+1. The van der Waals surface area contributed by atoms with Gasteiger partial charge in [0.2, 0.25) is 0 Å². The summed E-state index contributed by atoms with van der Waals surface area (Å²) in [5.74, 6) is 0. The van der Waals surface area contributed by atoms with Crippen molar-refractivity contribution >= 4 is 7.82 Å². The number of phosphoric ester groups is 1. The summed E-state index contributed by atoms with van der Waals surface area (Å²) in [5.41, 5.74) is 0. The van der Waals surface area contributed by atoms with Crippen molar-refractivity contribution in [1.29, 1.82) is 0 Å². The maximum Gasteiger partial charge on any atom is 0.521 e. The van der Waals surface area contributed by atoms with Gasteiger partial charge in [-0.1, -0.05) is 4.62 Å². The first-order valence-corrected chi connectivity index (χ1v) is 6.39. The number of hydrogen-bond donors (Lipinski definition) is 2. The van der Waals surface area contributed by atoms with E-state index in [-0.39, 0.29) is 17.9 Å². The fourth-order valence-electron chi connectivity index (χ4n) is 0.773. The Morgan fingerprint density at radius 1 is 1.31 bits per heavy atom. The highest BCUT2D eigenvalue weighted by Gasteiger charge is 2.35. The van der Waals surface area contributed by atoms with Crippen LogP contribution in [0.1, 0.15) is 6.92 Å². The van der Waals surface area contributed by atoms with Gasteiger partial charge in [-0.15, -0.1) is 0 Å². The van der Waals surface area contributed by atoms with Gasteiger partial charge >= 0.3 is 7.82 Å². The lowest BCUT2D eigenvalue weighted by molar-refractivity contribution is -1.04. The third kappa shape index (κ3) is 7.29. The minimum absolute atomic E-state index is 0.0630. The summed E-state index contributed by atoms with van der Waals surface area (Å²) in [6, 6.07) is 0. The molecule has 0 saturated heterocycles. The Kier molecular flexibility index (Phi) is 6.65. The molecule has 0 bridgehead atoms. The lowest BCUT2D eigenvalue weighted by Crippen LogP contribution is -2.34. The molecule has 0 aromatic rings. The molecule has 0 radical (unpaired) electrons. The van der Waals surface area contributed by atoms with Gasteiger partial charge in [0.25, 0.3) is 0 Å². The van der Waals surface area contributed by atoms with Crippen LogP contribution in [0, 0.1) is 0 Å². The predicted molar refractivity (Wildman–Crippen MR) is 57.4 cm³/mol. The zero-order valence-corrected chi connectivity index (χ0v) is 11.0. The van der Waals surface area contributed by atoms with Crippen molar-refractivity contribution in [3.8, 4) is 0 Å². The van der Waals surface area contributed by atoms with Crippen molar-refractivity contribution in [3.05, 3.63) is 0 Å². The van der Waals surface area contributed by atoms with Gasteiger partial charge in [-0.05, 0) is 6.92 Å². The zero-order chi connectivity index (χ0) is 12.8. The van der Waals surface area contributed by atoms with Crippen molar-refractivity contribution in [2.45, 2.75) is 13.0 Å². The van der Waals surface area contributed by atoms with E-state index in [4.69, 9.17) is 23.9 Å². The first-order chi connectivity index (χ1) is 7.22. The Hall–Kier alpha value is -0.0100. The molecule has 0 aliphatic heterocycles. The number of phosphoric acid groups is 1. The molecule has 2 atom stereocenters. The van der Waals surface area contributed by atoms with E-state index < -0.39 is 20.5 Å². The van der Waals surface area contributed by atoms with E-state index in [1.165, 1.54) is 0 Å². The van der Waals surface area contributed by atoms with Crippen LogP contribution in [-0.4, -0.2) is 61.9 Å². The first kappa shape index (κ1) is 16.0. The topological polar surface area (TPSA) is 85.2 Å². The molecule has 98 valence electrons. The van der Waals surface area contributed by atoms with Crippen LogP contribution < -0.4 is 0 Å². The van der Waals surface area contributed by atoms with Gasteiger partial charge < -0.3 is 10.2 Å². The molecular formula is C8H21NO6P+. The normalized spacial score (nSPS) is 18.1. The minimum atomic E-state index is -3.71. The monoisotopic (exact) mass is 258 g/mol. The van der Waals surface area contributed by atoms with E-state index in [1.54, 1.807) is 28.1 Å². The summed E-state index contributed by atoms with van der Waals surface area (Å²) >= 11 is 0. The van der Waals surface area contributed by atoms with Gasteiger partial charge in [-0.25, -0.2) is 4.57 Å². The summed E-state index contributed by atoms with van der Waals surface area (Å²) < 4.78 is 26.8. The zero-order valence-electron chi connectivity index (χ0n) is 10.1. The molecule has 0 saturated carbocycles. The van der Waals surface area contributed by atoms with Gasteiger partial charge in [-0.3, -0.25) is 9.05 Å². The lowest BCUT2D eigenvalue weighted by atomic mass is 10.4. The van der Waals surface area contributed by atoms with Crippen LogP contribution in [0.15, 0.2) is 0 Å². The van der Waals surface area contributed by atoms with Crippen LogP contribution in [0.2, 0.25) is 0 Å². The fourth-order valence-corrected chi connectivity index (χ4v) is 2.21. The quantitative estimate of drug-likeness (QED) is 0.366. The van der Waals surface area contributed by atoms with E-state index in [0.717, 1.165) is 0 Å². The number of aliphatic hydroxyl groups excluding tert-OH is 2. The number of hydroxylamine groups is 3. The second-order valence-electron chi connectivity index (χ2n) is 3.97. The third-order valence-corrected chi connectivity index (χ3v) is 3.00. The van der Waals surface area contributed by atoms with E-state index in [2.05, 4.69) is 0 Å². The molecule has 2 N–H and O–H groups in total. The van der Waals surface area contributed by atoms with Crippen LogP contribution >= 0.6 is 7.82 Å². The smallest absolute Gasteiger partial charge is 0.394 e. The first-order valence-electron chi connectivity index (χ1n) is 4.93. The molecule has 0 aromatic carbocycles. The number of aliphatic hydroxyl groups is 2. The SMILES string of the molecule is CCOP(=O)(OCC(O)CO)O[N+](C)(C)C. The van der Waals surface area contributed by atoms with Gasteiger partial charge in [0.05, 0.1) is 41.0 Å². The largest absolute Gasteiger partial charge is 0.521 e. The molecule has 7 nitrogen and oxygen atoms in total. The average molecular weight is 258 g/mol. The van der Waals surface area contributed by atoms with E-state index in [1.807, 2.05) is 0 Å². The number of quaternary nitrogens is 1. The van der Waals surface area contributed by atoms with Gasteiger partial charge in [0.1, 0.15) is 6.10 Å². The molecule has 0 aliphatic carbocycles. The highest BCUT2D eigenvalue weighted by molar-refractivity contribution is 7.48. The molecule has 2 unspecified atom stereocenters. The second-order valence-corrected chi connectivity index (χ2v) is 5.54. The average Bonchev–Trinajstić information content (AvgIpc) is 2.11. The predicted octanol–water partition coefficient (Wildman–Crippen LogP) is 0.139. The summed E-state index contributed by atoms with van der Waals surface area (Å²) in [6.07, 6.45) is -1.11. The summed E-state index contributed by atoms with van der Waals surface area (Å²) in [5, 5.41) is 17.7. The number of hydrogen-bond acceptors (Lipinski definition) is 6. The number of nitrogens with zero attached hydrogens (tertiary/aromatic N) is 1. The molecule has 0 heterocycles. The molecule has 0 aliphatic rings. The molecule has 0 spiro atoms. The van der Waals surface area contributed by atoms with Crippen LogP contribution in [0.4, 0.5) is 0 Å². The van der Waals surface area contributed by atoms with Crippen molar-refractivity contribution in [3.63, 3.8) is 0 Å². The van der Waals surface area contributed by atoms with Crippen molar-refractivity contribution in [1.82, 2.24) is 0 Å². The molecule has 0 rings (SSSR count). The van der Waals surface area contributed by atoms with Crippen molar-refractivity contribution in [2.75, 3.05) is 41.0 Å². The summed E-state index contributed by atoms with van der Waals surface area (Å²) in [4.78, 5) is 0. The van der Waals surface area contributed by atoms with E-state index in [9.17, 15) is 4.57 Å². The second kappa shape index (κ2) is 6.66. The van der Waals surface area contributed by atoms with Crippen LogP contribution in [0.5, 0.6) is 0 Å². The van der Waals surface area contributed by atoms with Crippen molar-refractivity contribution in [2.24, 2.45) is 0 Å². The summed E-state index contributed by atoms with van der Waals surface area (Å²) in [7, 11) is 1.24. The highest BCUT2D eigenvalue weighted by atomic mass is 31.2. The Balaban J connectivity index is 4.39. The van der Waals surface area contributed by atoms with Crippen molar-refractivity contribution < 1.29 is 33.1 Å². The molecule has 0 amide bonds. The molecule has 16 heavy (non-hydrogen) atoms. The third-order valence-electron chi connectivity index (χ3n) is 1.27. The fraction of sp³-hybridized carbons (Fsp3) is 1.00. The van der Waals surface area contributed by atoms with Crippen LogP contribution in [-0.2, 0) is 18.2 Å². The Morgan fingerprint density at radius 3 is 2.25 bits per heavy atom. The highest BCUT2D eigenvalue weighted by Crippen LogP contribution is 2.50. The lowest BCUT2D eigenvalue weighted by Gasteiger charge is -2.25. The summed E-state index contributed by atoms with van der Waals surface area (Å²) in [6.45, 7) is 1.02.